The number of nitrogens with two attached hydrogens (primary N) is 1. The van der Waals surface area contributed by atoms with Gasteiger partial charge in [-0.15, -0.1) is 6.58 Å². The lowest BCUT2D eigenvalue weighted by atomic mass is 9.62. The van der Waals surface area contributed by atoms with Gasteiger partial charge in [-0.05, 0) is 96.5 Å². The number of rotatable bonds is 23. The normalized spacial score (nSPS) is 16.9. The second-order valence-corrected chi connectivity index (χ2v) is 16.9. The lowest BCUT2D eigenvalue weighted by Crippen LogP contribution is -2.35. The molecule has 0 fully saturated rings. The van der Waals surface area contributed by atoms with Gasteiger partial charge in [0.1, 0.15) is 0 Å². The van der Waals surface area contributed by atoms with Gasteiger partial charge in [0.15, 0.2) is 0 Å². The molecule has 0 saturated heterocycles. The molecule has 0 bridgehead atoms. The summed E-state index contributed by atoms with van der Waals surface area (Å²) in [5.41, 5.74) is 10.7. The molecule has 2 nitrogen and oxygen atoms in total. The molecule has 1 aromatic carbocycles. The smallest absolute Gasteiger partial charge is 0.0342 e. The zero-order valence-electron chi connectivity index (χ0n) is 35.7. The van der Waals surface area contributed by atoms with E-state index in [1.54, 1.807) is 0 Å². The molecule has 0 saturated carbocycles. The molecule has 286 valence electrons. The minimum absolute atomic E-state index is 0.0823. The van der Waals surface area contributed by atoms with Crippen LogP contribution in [0.4, 0.5) is 5.69 Å². The monoisotopic (exact) mass is 689 g/mol. The number of allylic oxidation sites excluding steroid dienone is 3. The predicted octanol–water partition coefficient (Wildman–Crippen LogP) is 14.2. The first-order valence-corrected chi connectivity index (χ1v) is 20.6. The number of nitrogens with one attached hydrogen (secondary N) is 1. The van der Waals surface area contributed by atoms with Crippen LogP contribution in [0.15, 0.2) is 66.8 Å². The van der Waals surface area contributed by atoms with E-state index in [9.17, 15) is 0 Å². The van der Waals surface area contributed by atoms with Crippen LogP contribution in [0.5, 0.6) is 0 Å². The predicted molar refractivity (Wildman–Crippen MR) is 228 cm³/mol. The molecule has 0 amide bonds. The molecule has 0 heterocycles. The van der Waals surface area contributed by atoms with E-state index in [2.05, 4.69) is 156 Å². The Hall–Kier alpha value is -2.24. The number of benzene rings is 1. The number of anilines is 1. The van der Waals surface area contributed by atoms with Gasteiger partial charge in [-0.25, -0.2) is 0 Å². The van der Waals surface area contributed by atoms with Crippen molar-refractivity contribution in [3.8, 4) is 11.8 Å². The molecular weight excluding hydrogens is 605 g/mol. The van der Waals surface area contributed by atoms with Crippen LogP contribution in [0.1, 0.15) is 155 Å². The van der Waals surface area contributed by atoms with Crippen molar-refractivity contribution in [2.24, 2.45) is 58.0 Å². The topological polar surface area (TPSA) is 38.0 Å². The summed E-state index contributed by atoms with van der Waals surface area (Å²) in [7, 11) is 0. The average Bonchev–Trinajstić information content (AvgIpc) is 3.06. The lowest BCUT2D eigenvalue weighted by molar-refractivity contribution is 0.105. The fraction of sp³-hybridized carbons (Fsp3) is 0.708. The number of hydrogen-bond acceptors (Lipinski definition) is 2. The van der Waals surface area contributed by atoms with Crippen LogP contribution in [0.3, 0.4) is 0 Å². The standard InChI is InChI=1S/C46H78N2.C2H6/c1-15-27-46(14,41(17-3)18-4)28-22-23-40(26-29-48-43-24-20-19-21-25-43)37(9)33-45(12,13)44(39(11)38(10)36(8)16-2)32-35(7)31-42(47)30-34(5)6;1-2/h16,19-21,24-26,34-37,39,41-42,44,48H,2,10,15,17-18,27-33,47H2,1,3-9,11-14H3;1-2H3/b40-26-;. The Morgan fingerprint density at radius 3 is 2.04 bits per heavy atom. The van der Waals surface area contributed by atoms with Crippen molar-refractivity contribution < 1.29 is 0 Å². The van der Waals surface area contributed by atoms with Gasteiger partial charge in [0.05, 0.1) is 0 Å². The van der Waals surface area contributed by atoms with E-state index in [1.807, 2.05) is 13.8 Å². The molecule has 7 unspecified atom stereocenters. The van der Waals surface area contributed by atoms with Crippen LogP contribution in [-0.2, 0) is 0 Å². The zero-order chi connectivity index (χ0) is 38.5. The Kier molecular flexibility index (Phi) is 23.7. The zero-order valence-corrected chi connectivity index (χ0v) is 35.7. The van der Waals surface area contributed by atoms with Crippen molar-refractivity contribution in [2.75, 3.05) is 11.9 Å². The number of para-hydroxylation sites is 1. The van der Waals surface area contributed by atoms with Crippen LogP contribution in [-0.4, -0.2) is 12.6 Å². The van der Waals surface area contributed by atoms with E-state index in [4.69, 9.17) is 5.73 Å². The van der Waals surface area contributed by atoms with Crippen LogP contribution < -0.4 is 11.1 Å². The van der Waals surface area contributed by atoms with E-state index in [-0.39, 0.29) is 16.9 Å². The quantitative estimate of drug-likeness (QED) is 0.0887. The summed E-state index contributed by atoms with van der Waals surface area (Å²) in [6.07, 6.45) is 14.6. The summed E-state index contributed by atoms with van der Waals surface area (Å²) in [4.78, 5) is 0. The Morgan fingerprint density at radius 2 is 1.52 bits per heavy atom. The molecule has 7 atom stereocenters. The van der Waals surface area contributed by atoms with E-state index in [0.29, 0.717) is 41.4 Å². The second-order valence-electron chi connectivity index (χ2n) is 16.9. The molecule has 1 aromatic rings. The third-order valence-corrected chi connectivity index (χ3v) is 11.5. The van der Waals surface area contributed by atoms with Crippen molar-refractivity contribution in [3.05, 3.63) is 66.8 Å². The van der Waals surface area contributed by atoms with Gasteiger partial charge in [-0.1, -0.05) is 171 Å². The highest BCUT2D eigenvalue weighted by molar-refractivity contribution is 5.44. The Balaban J connectivity index is 0.0000118. The molecule has 2 heteroatoms. The van der Waals surface area contributed by atoms with Crippen molar-refractivity contribution >= 4 is 5.69 Å². The van der Waals surface area contributed by atoms with Gasteiger partial charge >= 0.3 is 0 Å². The Morgan fingerprint density at radius 1 is 0.920 bits per heavy atom. The molecular formula is C48H84N2. The minimum atomic E-state index is 0.0823. The van der Waals surface area contributed by atoms with Gasteiger partial charge in [0, 0.05) is 30.3 Å². The molecule has 0 aromatic heterocycles. The maximum absolute atomic E-state index is 6.65. The molecule has 1 rings (SSSR count). The first-order valence-electron chi connectivity index (χ1n) is 20.6. The molecule has 50 heavy (non-hydrogen) atoms. The largest absolute Gasteiger partial charge is 0.382 e. The van der Waals surface area contributed by atoms with Gasteiger partial charge in [0.2, 0.25) is 0 Å². The first-order chi connectivity index (χ1) is 23.5. The van der Waals surface area contributed by atoms with Gasteiger partial charge in [-0.2, -0.15) is 0 Å². The second kappa shape index (κ2) is 24.9. The van der Waals surface area contributed by atoms with E-state index in [0.717, 1.165) is 44.3 Å². The van der Waals surface area contributed by atoms with Crippen molar-refractivity contribution in [3.63, 3.8) is 0 Å². The highest BCUT2D eigenvalue weighted by Gasteiger charge is 2.38. The molecule has 0 radical (unpaired) electrons. The summed E-state index contributed by atoms with van der Waals surface area (Å²) < 4.78 is 0. The van der Waals surface area contributed by atoms with Crippen molar-refractivity contribution in [1.29, 1.82) is 0 Å². The third kappa shape index (κ3) is 16.9. The molecule has 0 spiro atoms. The summed E-state index contributed by atoms with van der Waals surface area (Å²) in [5.74, 6) is 10.9. The first kappa shape index (κ1) is 47.8. The fourth-order valence-electron chi connectivity index (χ4n) is 8.66. The summed E-state index contributed by atoms with van der Waals surface area (Å²) in [6, 6.07) is 10.8. The van der Waals surface area contributed by atoms with Crippen LogP contribution >= 0.6 is 0 Å². The van der Waals surface area contributed by atoms with E-state index >= 15 is 0 Å². The van der Waals surface area contributed by atoms with E-state index in [1.165, 1.54) is 36.8 Å². The van der Waals surface area contributed by atoms with Crippen LogP contribution in [0.2, 0.25) is 0 Å². The Bertz CT molecular complexity index is 1140. The maximum atomic E-state index is 6.65. The van der Waals surface area contributed by atoms with Crippen LogP contribution in [0.25, 0.3) is 0 Å². The van der Waals surface area contributed by atoms with Crippen molar-refractivity contribution in [1.82, 2.24) is 0 Å². The maximum Gasteiger partial charge on any atom is 0.0342 e. The summed E-state index contributed by atoms with van der Waals surface area (Å²) >= 11 is 0. The summed E-state index contributed by atoms with van der Waals surface area (Å²) in [6.45, 7) is 42.0. The van der Waals surface area contributed by atoms with Gasteiger partial charge < -0.3 is 11.1 Å². The fourth-order valence-corrected chi connectivity index (χ4v) is 8.66. The highest BCUT2D eigenvalue weighted by Crippen LogP contribution is 2.46. The third-order valence-electron chi connectivity index (χ3n) is 11.5. The molecule has 0 aliphatic heterocycles. The molecule has 0 aliphatic carbocycles. The molecule has 0 aliphatic rings. The average molecular weight is 689 g/mol. The van der Waals surface area contributed by atoms with E-state index < -0.39 is 0 Å². The Labute approximate surface area is 314 Å². The van der Waals surface area contributed by atoms with Gasteiger partial charge in [-0.3, -0.25) is 0 Å². The summed E-state index contributed by atoms with van der Waals surface area (Å²) in [5, 5.41) is 3.61. The SMILES string of the molecule is C=CC(C)C(=C)C(C)C(CC(C)CC(N)CC(C)C)C(C)(C)CC(C)/C(C#CCC(C)(CCC)C(CC)CC)=C\CNc1ccccc1.CC. The van der Waals surface area contributed by atoms with Crippen molar-refractivity contribution in [2.45, 2.75) is 161 Å². The van der Waals surface area contributed by atoms with Gasteiger partial charge in [0.25, 0.3) is 0 Å². The lowest BCUT2D eigenvalue weighted by Gasteiger charge is -2.43. The number of hydrogen-bond donors (Lipinski definition) is 2. The molecule has 3 N–H and O–H groups in total. The minimum Gasteiger partial charge on any atom is -0.382 e. The van der Waals surface area contributed by atoms with Crippen LogP contribution in [0, 0.1) is 64.1 Å². The highest BCUT2D eigenvalue weighted by atomic mass is 14.8.